The smallest absolute Gasteiger partial charge is 0.347 e. The molecule has 1 aromatic carbocycles. The van der Waals surface area contributed by atoms with Crippen molar-refractivity contribution in [3.63, 3.8) is 0 Å². The molecular weight excluding hydrogens is 309 g/mol. The van der Waals surface area contributed by atoms with Crippen LogP contribution in [-0.2, 0) is 11.0 Å². The summed E-state index contributed by atoms with van der Waals surface area (Å²) >= 11 is 5.78. The van der Waals surface area contributed by atoms with Crippen molar-refractivity contribution < 1.29 is 22.8 Å². The molecule has 1 saturated heterocycles. The molecule has 1 unspecified atom stereocenters. The van der Waals surface area contributed by atoms with Crippen molar-refractivity contribution in [2.75, 3.05) is 13.6 Å². The fourth-order valence-electron chi connectivity index (χ4n) is 2.10. The summed E-state index contributed by atoms with van der Waals surface area (Å²) in [5.41, 5.74) is -1.20. The van der Waals surface area contributed by atoms with Gasteiger partial charge in [0, 0.05) is 20.0 Å². The summed E-state index contributed by atoms with van der Waals surface area (Å²) in [5, 5.41) is 2.45. The monoisotopic (exact) mass is 320 g/mol. The van der Waals surface area contributed by atoms with Crippen LogP contribution in [-0.4, -0.2) is 36.3 Å². The molecule has 1 N–H and O–H groups in total. The molecule has 0 aliphatic carbocycles. The van der Waals surface area contributed by atoms with Crippen LogP contribution in [0.4, 0.5) is 13.2 Å². The number of nitrogens with zero attached hydrogens (tertiary/aromatic N) is 1. The van der Waals surface area contributed by atoms with Gasteiger partial charge in [0.25, 0.3) is 5.91 Å². The van der Waals surface area contributed by atoms with Gasteiger partial charge in [0.1, 0.15) is 0 Å². The Balaban J connectivity index is 2.17. The quantitative estimate of drug-likeness (QED) is 0.909. The lowest BCUT2D eigenvalue weighted by Gasteiger charge is -2.14. The molecule has 1 aliphatic rings. The second-order valence-corrected chi connectivity index (χ2v) is 5.25. The summed E-state index contributed by atoms with van der Waals surface area (Å²) in [5.74, 6) is -0.852. The number of rotatable bonds is 2. The lowest BCUT2D eigenvalue weighted by Crippen LogP contribution is -2.36. The Labute approximate surface area is 123 Å². The van der Waals surface area contributed by atoms with Crippen molar-refractivity contribution in [2.45, 2.75) is 18.6 Å². The number of likely N-dealkylation sites (N-methyl/N-ethyl adjacent to an activating group) is 1. The van der Waals surface area contributed by atoms with Crippen LogP contribution in [0.5, 0.6) is 0 Å². The second-order valence-electron chi connectivity index (χ2n) is 4.84. The third-order valence-corrected chi connectivity index (χ3v) is 3.54. The number of amides is 2. The highest BCUT2D eigenvalue weighted by molar-refractivity contribution is 6.33. The minimum absolute atomic E-state index is 0.0711. The highest BCUT2D eigenvalue weighted by Gasteiger charge is 2.33. The first-order valence-electron chi connectivity index (χ1n) is 6.10. The Morgan fingerprint density at radius 1 is 1.43 bits per heavy atom. The van der Waals surface area contributed by atoms with Crippen LogP contribution in [0.1, 0.15) is 22.3 Å². The van der Waals surface area contributed by atoms with Gasteiger partial charge in [0.05, 0.1) is 22.2 Å². The maximum atomic E-state index is 12.6. The first kappa shape index (κ1) is 15.6. The van der Waals surface area contributed by atoms with Crippen molar-refractivity contribution >= 4 is 23.4 Å². The maximum Gasteiger partial charge on any atom is 0.416 e. The zero-order chi connectivity index (χ0) is 15.8. The van der Waals surface area contributed by atoms with Gasteiger partial charge in [-0.1, -0.05) is 11.6 Å². The van der Waals surface area contributed by atoms with Gasteiger partial charge in [-0.15, -0.1) is 0 Å². The highest BCUT2D eigenvalue weighted by atomic mass is 35.5. The van der Waals surface area contributed by atoms with E-state index in [1.165, 1.54) is 4.90 Å². The third-order valence-electron chi connectivity index (χ3n) is 3.21. The minimum Gasteiger partial charge on any atom is -0.347 e. The van der Waals surface area contributed by atoms with E-state index in [1.54, 1.807) is 7.05 Å². The summed E-state index contributed by atoms with van der Waals surface area (Å²) in [6.07, 6.45) is -4.43. The molecule has 4 nitrogen and oxygen atoms in total. The van der Waals surface area contributed by atoms with Crippen molar-refractivity contribution in [3.8, 4) is 0 Å². The average Bonchev–Trinajstić information content (AvgIpc) is 2.67. The number of hydrogen-bond donors (Lipinski definition) is 1. The Kier molecular flexibility index (Phi) is 4.13. The molecule has 21 heavy (non-hydrogen) atoms. The van der Waals surface area contributed by atoms with E-state index in [0.29, 0.717) is 12.6 Å². The molecule has 1 aliphatic heterocycles. The van der Waals surface area contributed by atoms with Crippen LogP contribution in [0.15, 0.2) is 18.2 Å². The number of carbonyl (C=O) groups is 2. The van der Waals surface area contributed by atoms with Crippen LogP contribution >= 0.6 is 11.6 Å². The lowest BCUT2D eigenvalue weighted by atomic mass is 10.1. The number of nitrogens with one attached hydrogen (secondary N) is 1. The molecular formula is C13H12ClF3N2O2. The summed E-state index contributed by atoms with van der Waals surface area (Å²) in [6.45, 7) is 0.321. The van der Waals surface area contributed by atoms with Gasteiger partial charge in [-0.25, -0.2) is 0 Å². The largest absolute Gasteiger partial charge is 0.416 e. The van der Waals surface area contributed by atoms with Crippen molar-refractivity contribution in [1.82, 2.24) is 10.2 Å². The molecule has 0 saturated carbocycles. The molecule has 1 heterocycles. The number of hydrogen-bond acceptors (Lipinski definition) is 2. The fraction of sp³-hybridized carbons (Fsp3) is 0.385. The standard InChI is InChI=1S/C13H12ClF3N2O2/c1-19-6-8(5-11(19)20)18-12(21)9-4-7(13(15,16)17)2-3-10(9)14/h2-4,8H,5-6H2,1H3,(H,18,21). The van der Waals surface area contributed by atoms with Crippen LogP contribution in [0.2, 0.25) is 5.02 Å². The molecule has 2 amide bonds. The number of alkyl halides is 3. The fourth-order valence-corrected chi connectivity index (χ4v) is 2.30. The van der Waals surface area contributed by atoms with Crippen LogP contribution < -0.4 is 5.32 Å². The summed E-state index contributed by atoms with van der Waals surface area (Å²) in [4.78, 5) is 24.8. The molecule has 1 fully saturated rings. The summed E-state index contributed by atoms with van der Waals surface area (Å²) in [6, 6.07) is 2.12. The zero-order valence-corrected chi connectivity index (χ0v) is 11.8. The number of carbonyl (C=O) groups excluding carboxylic acids is 2. The SMILES string of the molecule is CN1CC(NC(=O)c2cc(C(F)(F)F)ccc2Cl)CC1=O. The summed E-state index contributed by atoms with van der Waals surface area (Å²) < 4.78 is 37.9. The van der Waals surface area contributed by atoms with E-state index in [2.05, 4.69) is 5.32 Å². The van der Waals surface area contributed by atoms with Gasteiger partial charge >= 0.3 is 6.18 Å². The molecule has 1 atom stereocenters. The maximum absolute atomic E-state index is 12.6. The first-order valence-corrected chi connectivity index (χ1v) is 6.48. The van der Waals surface area contributed by atoms with E-state index < -0.39 is 23.7 Å². The highest BCUT2D eigenvalue weighted by Crippen LogP contribution is 2.31. The predicted octanol–water partition coefficient (Wildman–Crippen LogP) is 2.32. The molecule has 8 heteroatoms. The van der Waals surface area contributed by atoms with Crippen molar-refractivity contribution in [3.05, 3.63) is 34.3 Å². The molecule has 114 valence electrons. The Morgan fingerprint density at radius 3 is 2.62 bits per heavy atom. The summed E-state index contributed by atoms with van der Waals surface area (Å²) in [7, 11) is 1.59. The van der Waals surface area contributed by atoms with Gasteiger partial charge in [-0.2, -0.15) is 13.2 Å². The molecule has 0 spiro atoms. The van der Waals surface area contributed by atoms with Gasteiger partial charge in [-0.3, -0.25) is 9.59 Å². The molecule has 0 aromatic heterocycles. The van der Waals surface area contributed by atoms with E-state index in [-0.39, 0.29) is 22.9 Å². The topological polar surface area (TPSA) is 49.4 Å². The van der Waals surface area contributed by atoms with E-state index in [1.807, 2.05) is 0 Å². The van der Waals surface area contributed by atoms with E-state index >= 15 is 0 Å². The van der Waals surface area contributed by atoms with Crippen LogP contribution in [0.3, 0.4) is 0 Å². The van der Waals surface area contributed by atoms with Gasteiger partial charge < -0.3 is 10.2 Å². The predicted molar refractivity (Wildman–Crippen MR) is 70.0 cm³/mol. The Hall–Kier alpha value is -1.76. The van der Waals surface area contributed by atoms with E-state index in [0.717, 1.165) is 12.1 Å². The number of benzene rings is 1. The first-order chi connectivity index (χ1) is 9.68. The number of likely N-dealkylation sites (tertiary alicyclic amines) is 1. The van der Waals surface area contributed by atoms with E-state index in [9.17, 15) is 22.8 Å². The van der Waals surface area contributed by atoms with Gasteiger partial charge in [0.15, 0.2) is 0 Å². The molecule has 2 rings (SSSR count). The zero-order valence-electron chi connectivity index (χ0n) is 11.0. The van der Waals surface area contributed by atoms with Crippen molar-refractivity contribution in [1.29, 1.82) is 0 Å². The second kappa shape index (κ2) is 5.55. The van der Waals surface area contributed by atoms with Crippen molar-refractivity contribution in [2.24, 2.45) is 0 Å². The van der Waals surface area contributed by atoms with Crippen LogP contribution in [0, 0.1) is 0 Å². The van der Waals surface area contributed by atoms with Crippen LogP contribution in [0.25, 0.3) is 0 Å². The normalized spacial score (nSPS) is 19.0. The lowest BCUT2D eigenvalue weighted by molar-refractivity contribution is -0.137. The van der Waals surface area contributed by atoms with Gasteiger partial charge in [0.2, 0.25) is 5.91 Å². The Bertz CT molecular complexity index is 589. The van der Waals surface area contributed by atoms with E-state index in [4.69, 9.17) is 11.6 Å². The van der Waals surface area contributed by atoms with Gasteiger partial charge in [-0.05, 0) is 18.2 Å². The molecule has 0 bridgehead atoms. The molecule has 1 aromatic rings. The Morgan fingerprint density at radius 2 is 2.10 bits per heavy atom. The average molecular weight is 321 g/mol. The number of halogens is 4. The third kappa shape index (κ3) is 3.47. The molecule has 0 radical (unpaired) electrons. The minimum atomic E-state index is -4.55.